The van der Waals surface area contributed by atoms with Crippen molar-refractivity contribution < 1.29 is 4.79 Å². The van der Waals surface area contributed by atoms with Crippen molar-refractivity contribution in [2.24, 2.45) is 0 Å². The van der Waals surface area contributed by atoms with Crippen LogP contribution in [0.15, 0.2) is 48.5 Å². The zero-order valence-corrected chi connectivity index (χ0v) is 12.0. The molecule has 2 aromatic rings. The van der Waals surface area contributed by atoms with Gasteiger partial charge in [-0.15, -0.1) is 0 Å². The summed E-state index contributed by atoms with van der Waals surface area (Å²) < 4.78 is 0. The molecule has 1 N–H and O–H groups in total. The maximum absolute atomic E-state index is 11.9. The average molecular weight is 289 g/mol. The van der Waals surface area contributed by atoms with Crippen LogP contribution >= 0.6 is 0 Å². The number of hydrogen-bond donors (Lipinski definition) is 1. The van der Waals surface area contributed by atoms with E-state index in [0.29, 0.717) is 23.2 Å². The van der Waals surface area contributed by atoms with E-state index in [0.717, 1.165) is 18.4 Å². The molecular weight excluding hydrogens is 274 g/mol. The van der Waals surface area contributed by atoms with Crippen molar-refractivity contribution >= 4 is 5.91 Å². The van der Waals surface area contributed by atoms with Crippen LogP contribution in [0.5, 0.6) is 0 Å². The number of rotatable bonds is 5. The van der Waals surface area contributed by atoms with Crippen LogP contribution in [0.4, 0.5) is 0 Å². The normalized spacial score (nSPS) is 9.55. The van der Waals surface area contributed by atoms with E-state index < -0.39 is 0 Å². The van der Waals surface area contributed by atoms with Crippen LogP contribution in [-0.2, 0) is 6.42 Å². The smallest absolute Gasteiger partial charge is 0.251 e. The van der Waals surface area contributed by atoms with Gasteiger partial charge in [0.25, 0.3) is 5.91 Å². The van der Waals surface area contributed by atoms with E-state index in [4.69, 9.17) is 10.5 Å². The monoisotopic (exact) mass is 289 g/mol. The summed E-state index contributed by atoms with van der Waals surface area (Å²) in [4.78, 5) is 11.9. The first-order valence-electron chi connectivity index (χ1n) is 7.00. The largest absolute Gasteiger partial charge is 0.352 e. The molecule has 0 aliphatic carbocycles. The molecule has 0 fully saturated rings. The number of nitriles is 2. The molecule has 108 valence electrons. The molecule has 4 nitrogen and oxygen atoms in total. The lowest BCUT2D eigenvalue weighted by Crippen LogP contribution is -2.24. The standard InChI is InChI=1S/C18H15N3O/c19-12-15-6-8-17(9-7-15)18(22)21-10-2-5-14-3-1-4-16(11-14)13-20/h1,3-4,6-9,11H,2,5,10H2,(H,21,22). The average Bonchev–Trinajstić information content (AvgIpc) is 2.58. The van der Waals surface area contributed by atoms with Gasteiger partial charge in [0, 0.05) is 12.1 Å². The van der Waals surface area contributed by atoms with Gasteiger partial charge in [0.05, 0.1) is 23.3 Å². The summed E-state index contributed by atoms with van der Waals surface area (Å²) in [5.74, 6) is -0.143. The van der Waals surface area contributed by atoms with Gasteiger partial charge in [-0.3, -0.25) is 4.79 Å². The fourth-order valence-electron chi connectivity index (χ4n) is 2.09. The molecule has 1 amide bonds. The van der Waals surface area contributed by atoms with E-state index in [1.54, 1.807) is 30.3 Å². The van der Waals surface area contributed by atoms with Crippen molar-refractivity contribution in [3.05, 3.63) is 70.8 Å². The molecule has 0 saturated heterocycles. The van der Waals surface area contributed by atoms with Gasteiger partial charge in [-0.2, -0.15) is 10.5 Å². The molecule has 0 aliphatic rings. The third-order valence-corrected chi connectivity index (χ3v) is 3.26. The van der Waals surface area contributed by atoms with Crippen molar-refractivity contribution in [2.75, 3.05) is 6.54 Å². The van der Waals surface area contributed by atoms with E-state index >= 15 is 0 Å². The zero-order valence-electron chi connectivity index (χ0n) is 12.0. The van der Waals surface area contributed by atoms with Crippen molar-refractivity contribution in [3.63, 3.8) is 0 Å². The fourth-order valence-corrected chi connectivity index (χ4v) is 2.09. The van der Waals surface area contributed by atoms with Gasteiger partial charge in [-0.25, -0.2) is 0 Å². The lowest BCUT2D eigenvalue weighted by atomic mass is 10.1. The van der Waals surface area contributed by atoms with Crippen LogP contribution in [0.1, 0.15) is 33.5 Å². The highest BCUT2D eigenvalue weighted by Crippen LogP contribution is 2.07. The van der Waals surface area contributed by atoms with Gasteiger partial charge in [0.15, 0.2) is 0 Å². The van der Waals surface area contributed by atoms with E-state index in [1.165, 1.54) is 0 Å². The number of nitrogens with one attached hydrogen (secondary N) is 1. The summed E-state index contributed by atoms with van der Waals surface area (Å²) in [5, 5.41) is 20.4. The summed E-state index contributed by atoms with van der Waals surface area (Å²) in [7, 11) is 0. The predicted octanol–water partition coefficient (Wildman–Crippen LogP) is 2.79. The maximum Gasteiger partial charge on any atom is 0.251 e. The minimum Gasteiger partial charge on any atom is -0.352 e. The molecule has 22 heavy (non-hydrogen) atoms. The number of hydrogen-bond acceptors (Lipinski definition) is 3. The quantitative estimate of drug-likeness (QED) is 0.860. The van der Waals surface area contributed by atoms with Crippen LogP contribution in [0.3, 0.4) is 0 Å². The summed E-state index contributed by atoms with van der Waals surface area (Å²) in [6.45, 7) is 0.565. The number of benzene rings is 2. The Balaban J connectivity index is 1.79. The second-order valence-electron chi connectivity index (χ2n) is 4.86. The maximum atomic E-state index is 11.9. The molecule has 0 aromatic heterocycles. The molecule has 0 atom stereocenters. The van der Waals surface area contributed by atoms with Gasteiger partial charge >= 0.3 is 0 Å². The van der Waals surface area contributed by atoms with E-state index in [1.807, 2.05) is 24.3 Å². The molecule has 0 radical (unpaired) electrons. The topological polar surface area (TPSA) is 76.7 Å². The second-order valence-corrected chi connectivity index (χ2v) is 4.86. The molecular formula is C18H15N3O. The lowest BCUT2D eigenvalue weighted by Gasteiger charge is -2.06. The van der Waals surface area contributed by atoms with Gasteiger partial charge < -0.3 is 5.32 Å². The fraction of sp³-hybridized carbons (Fsp3) is 0.167. The minimum atomic E-state index is -0.143. The zero-order chi connectivity index (χ0) is 15.8. The second kappa shape index (κ2) is 7.61. The van der Waals surface area contributed by atoms with Gasteiger partial charge in [-0.05, 0) is 54.8 Å². The van der Waals surface area contributed by atoms with E-state index in [2.05, 4.69) is 11.4 Å². The van der Waals surface area contributed by atoms with Crippen LogP contribution in [-0.4, -0.2) is 12.5 Å². The first-order chi connectivity index (χ1) is 10.7. The minimum absolute atomic E-state index is 0.143. The summed E-state index contributed by atoms with van der Waals surface area (Å²) in [6, 6.07) is 18.2. The number of aryl methyl sites for hydroxylation is 1. The Bertz CT molecular complexity index is 736. The summed E-state index contributed by atoms with van der Waals surface area (Å²) in [6.07, 6.45) is 1.61. The third-order valence-electron chi connectivity index (χ3n) is 3.26. The molecule has 2 aromatic carbocycles. The van der Waals surface area contributed by atoms with E-state index in [9.17, 15) is 4.79 Å². The van der Waals surface area contributed by atoms with Crippen molar-refractivity contribution in [1.29, 1.82) is 10.5 Å². The van der Waals surface area contributed by atoms with E-state index in [-0.39, 0.29) is 5.91 Å². The first-order valence-corrected chi connectivity index (χ1v) is 7.00. The van der Waals surface area contributed by atoms with Crippen LogP contribution in [0.25, 0.3) is 0 Å². The van der Waals surface area contributed by atoms with Crippen molar-refractivity contribution in [1.82, 2.24) is 5.32 Å². The summed E-state index contributed by atoms with van der Waals surface area (Å²) in [5.41, 5.74) is 2.82. The third kappa shape index (κ3) is 4.19. The van der Waals surface area contributed by atoms with Gasteiger partial charge in [-0.1, -0.05) is 12.1 Å². The highest BCUT2D eigenvalue weighted by Gasteiger charge is 2.04. The summed E-state index contributed by atoms with van der Waals surface area (Å²) >= 11 is 0. The number of amides is 1. The number of nitrogens with zero attached hydrogens (tertiary/aromatic N) is 2. The highest BCUT2D eigenvalue weighted by molar-refractivity contribution is 5.94. The molecule has 2 rings (SSSR count). The van der Waals surface area contributed by atoms with Gasteiger partial charge in [0.1, 0.15) is 0 Å². The number of carbonyl (C=O) groups excluding carboxylic acids is 1. The predicted molar refractivity (Wildman–Crippen MR) is 83.0 cm³/mol. The van der Waals surface area contributed by atoms with Crippen LogP contribution in [0, 0.1) is 22.7 Å². The Morgan fingerprint density at radius 1 is 1.00 bits per heavy atom. The Morgan fingerprint density at radius 3 is 2.41 bits per heavy atom. The molecule has 4 heteroatoms. The Morgan fingerprint density at radius 2 is 1.73 bits per heavy atom. The van der Waals surface area contributed by atoms with Crippen LogP contribution < -0.4 is 5.32 Å². The Hall–Kier alpha value is -3.11. The molecule has 0 bridgehead atoms. The first kappa shape index (κ1) is 15.3. The highest BCUT2D eigenvalue weighted by atomic mass is 16.1. The molecule has 0 heterocycles. The van der Waals surface area contributed by atoms with Crippen molar-refractivity contribution in [3.8, 4) is 12.1 Å². The molecule has 0 aliphatic heterocycles. The van der Waals surface area contributed by atoms with Gasteiger partial charge in [0.2, 0.25) is 0 Å². The number of carbonyl (C=O) groups is 1. The molecule has 0 unspecified atom stereocenters. The Kier molecular flexibility index (Phi) is 5.29. The molecule has 0 saturated carbocycles. The SMILES string of the molecule is N#Cc1ccc(C(=O)NCCCc2cccc(C#N)c2)cc1. The lowest BCUT2D eigenvalue weighted by molar-refractivity contribution is 0.0953. The molecule has 0 spiro atoms. The van der Waals surface area contributed by atoms with Crippen LogP contribution in [0.2, 0.25) is 0 Å². The Labute approximate surface area is 129 Å². The van der Waals surface area contributed by atoms with Crippen molar-refractivity contribution in [2.45, 2.75) is 12.8 Å².